The number of alkyl carbamates (subject to hydrolysis) is 1. The van der Waals surface area contributed by atoms with Gasteiger partial charge in [-0.05, 0) is 32.8 Å². The summed E-state index contributed by atoms with van der Waals surface area (Å²) < 4.78 is 11.6. The zero-order chi connectivity index (χ0) is 22.4. The number of carbonyl (C=O) groups excluding carboxylic acids is 1. The third-order valence-corrected chi connectivity index (χ3v) is 4.22. The Bertz CT molecular complexity index is 1020. The van der Waals surface area contributed by atoms with E-state index < -0.39 is 23.8 Å². The summed E-state index contributed by atoms with van der Waals surface area (Å²) in [5, 5.41) is 15.8. The molecule has 1 aromatic carbocycles. The van der Waals surface area contributed by atoms with E-state index in [-0.39, 0.29) is 12.3 Å². The van der Waals surface area contributed by atoms with Crippen LogP contribution in [-0.2, 0) is 24.0 Å². The molecule has 0 radical (unpaired) electrons. The van der Waals surface area contributed by atoms with E-state index in [1.54, 1.807) is 20.8 Å². The zero-order valence-electron chi connectivity index (χ0n) is 17.6. The molecule has 0 spiro atoms. The van der Waals surface area contributed by atoms with Crippen molar-refractivity contribution in [3.8, 4) is 0 Å². The molecular weight excluding hydrogens is 402 g/mol. The Morgan fingerprint density at radius 3 is 2.61 bits per heavy atom. The van der Waals surface area contributed by atoms with Crippen molar-refractivity contribution >= 4 is 12.2 Å². The van der Waals surface area contributed by atoms with Crippen molar-refractivity contribution in [3.63, 3.8) is 0 Å². The van der Waals surface area contributed by atoms with E-state index in [1.807, 2.05) is 30.3 Å². The van der Waals surface area contributed by atoms with Gasteiger partial charge in [-0.25, -0.2) is 19.1 Å². The van der Waals surface area contributed by atoms with E-state index in [0.717, 1.165) is 16.6 Å². The fraction of sp³-hybridized carbons (Fsp3) is 0.381. The predicted molar refractivity (Wildman–Crippen MR) is 110 cm³/mol. The van der Waals surface area contributed by atoms with E-state index in [0.29, 0.717) is 17.9 Å². The first-order chi connectivity index (χ1) is 14.7. The number of hydrogen-bond donors (Lipinski definition) is 2. The Labute approximate surface area is 179 Å². The van der Waals surface area contributed by atoms with Crippen LogP contribution in [0.25, 0.3) is 0 Å². The van der Waals surface area contributed by atoms with Gasteiger partial charge in [0.05, 0.1) is 5.69 Å². The summed E-state index contributed by atoms with van der Waals surface area (Å²) in [6.07, 6.45) is 2.20. The van der Waals surface area contributed by atoms with Crippen LogP contribution in [0.4, 0.5) is 9.59 Å². The Hall–Kier alpha value is -3.69. The molecule has 1 amide bonds. The minimum absolute atomic E-state index is 0.153. The van der Waals surface area contributed by atoms with Crippen LogP contribution < -0.4 is 5.32 Å². The van der Waals surface area contributed by atoms with Crippen molar-refractivity contribution in [1.29, 1.82) is 0 Å². The van der Waals surface area contributed by atoms with Crippen LogP contribution in [0, 0.1) is 0 Å². The van der Waals surface area contributed by atoms with Gasteiger partial charge in [0.1, 0.15) is 18.0 Å². The number of carbonyl (C=O) groups is 2. The highest BCUT2D eigenvalue weighted by Crippen LogP contribution is 2.18. The SMILES string of the molecule is CC(C)(C)OC(=O)N[C@@H](Cc1cn(C(=O)O)cn1)c1nc(CCc2ccccc2)no1. The average molecular weight is 427 g/mol. The minimum Gasteiger partial charge on any atom is -0.464 e. The van der Waals surface area contributed by atoms with Gasteiger partial charge in [-0.1, -0.05) is 35.5 Å². The predicted octanol–water partition coefficient (Wildman–Crippen LogP) is 3.39. The smallest absolute Gasteiger partial charge is 0.416 e. The van der Waals surface area contributed by atoms with Crippen LogP contribution in [0.2, 0.25) is 0 Å². The van der Waals surface area contributed by atoms with Crippen molar-refractivity contribution in [1.82, 2.24) is 25.0 Å². The molecule has 10 heteroatoms. The molecule has 0 aliphatic carbocycles. The molecule has 0 unspecified atom stereocenters. The molecule has 2 heterocycles. The third kappa shape index (κ3) is 6.66. The molecule has 31 heavy (non-hydrogen) atoms. The number of rotatable bonds is 7. The van der Waals surface area contributed by atoms with Crippen LogP contribution in [0.5, 0.6) is 0 Å². The average Bonchev–Trinajstić information content (AvgIpc) is 3.35. The maximum Gasteiger partial charge on any atom is 0.416 e. The summed E-state index contributed by atoms with van der Waals surface area (Å²) in [5.41, 5.74) is 0.902. The van der Waals surface area contributed by atoms with Gasteiger partial charge < -0.3 is 19.7 Å². The molecule has 0 fully saturated rings. The summed E-state index contributed by atoms with van der Waals surface area (Å²) >= 11 is 0. The van der Waals surface area contributed by atoms with Crippen molar-refractivity contribution < 1.29 is 24.0 Å². The van der Waals surface area contributed by atoms with E-state index in [1.165, 1.54) is 12.5 Å². The van der Waals surface area contributed by atoms with Gasteiger partial charge in [0.2, 0.25) is 5.89 Å². The second-order valence-corrected chi connectivity index (χ2v) is 7.99. The normalized spacial score (nSPS) is 12.4. The topological polar surface area (TPSA) is 132 Å². The van der Waals surface area contributed by atoms with Gasteiger partial charge in [-0.2, -0.15) is 4.98 Å². The molecule has 3 rings (SSSR count). The molecule has 0 saturated heterocycles. The first-order valence-electron chi connectivity index (χ1n) is 9.82. The van der Waals surface area contributed by atoms with Crippen molar-refractivity contribution in [2.75, 3.05) is 0 Å². The highest BCUT2D eigenvalue weighted by Gasteiger charge is 2.26. The lowest BCUT2D eigenvalue weighted by Crippen LogP contribution is -2.36. The lowest BCUT2D eigenvalue weighted by molar-refractivity contribution is 0.0493. The fourth-order valence-electron chi connectivity index (χ4n) is 2.84. The van der Waals surface area contributed by atoms with Gasteiger partial charge in [0.25, 0.3) is 0 Å². The molecule has 2 aromatic heterocycles. The number of imidazole rings is 1. The molecule has 2 N–H and O–H groups in total. The molecule has 0 aliphatic heterocycles. The lowest BCUT2D eigenvalue weighted by Gasteiger charge is -2.21. The third-order valence-electron chi connectivity index (χ3n) is 4.22. The number of hydrogen-bond acceptors (Lipinski definition) is 7. The molecule has 0 aliphatic rings. The Morgan fingerprint density at radius 1 is 1.23 bits per heavy atom. The fourth-order valence-corrected chi connectivity index (χ4v) is 2.84. The molecule has 164 valence electrons. The number of amides is 1. The van der Waals surface area contributed by atoms with E-state index in [4.69, 9.17) is 14.4 Å². The Balaban J connectivity index is 1.74. The highest BCUT2D eigenvalue weighted by atomic mass is 16.6. The van der Waals surface area contributed by atoms with E-state index >= 15 is 0 Å². The van der Waals surface area contributed by atoms with Crippen LogP contribution >= 0.6 is 0 Å². The van der Waals surface area contributed by atoms with Gasteiger partial charge >= 0.3 is 12.2 Å². The summed E-state index contributed by atoms with van der Waals surface area (Å²) in [5.74, 6) is 0.699. The van der Waals surface area contributed by atoms with Crippen LogP contribution in [0.3, 0.4) is 0 Å². The number of benzene rings is 1. The van der Waals surface area contributed by atoms with Gasteiger partial charge in [-0.3, -0.25) is 0 Å². The monoisotopic (exact) mass is 427 g/mol. The second-order valence-electron chi connectivity index (χ2n) is 7.99. The first-order valence-corrected chi connectivity index (χ1v) is 9.82. The highest BCUT2D eigenvalue weighted by molar-refractivity contribution is 5.68. The van der Waals surface area contributed by atoms with Gasteiger partial charge in [-0.15, -0.1) is 0 Å². The van der Waals surface area contributed by atoms with E-state index in [2.05, 4.69) is 20.4 Å². The zero-order valence-corrected chi connectivity index (χ0v) is 17.6. The maximum absolute atomic E-state index is 12.3. The summed E-state index contributed by atoms with van der Waals surface area (Å²) in [6, 6.07) is 9.19. The molecule has 0 saturated carbocycles. The molecule has 3 aromatic rings. The van der Waals surface area contributed by atoms with Crippen molar-refractivity contribution in [2.45, 2.75) is 51.7 Å². The number of carboxylic acid groups (broad SMARTS) is 1. The first kappa shape index (κ1) is 22.0. The summed E-state index contributed by atoms with van der Waals surface area (Å²) in [6.45, 7) is 5.26. The molecule has 10 nitrogen and oxygen atoms in total. The van der Waals surface area contributed by atoms with Crippen LogP contribution in [0.1, 0.15) is 49.8 Å². The summed E-state index contributed by atoms with van der Waals surface area (Å²) in [4.78, 5) is 31.9. The number of nitrogens with one attached hydrogen (secondary N) is 1. The Kier molecular flexibility index (Phi) is 6.68. The number of aryl methyl sites for hydroxylation is 2. The largest absolute Gasteiger partial charge is 0.464 e. The van der Waals surface area contributed by atoms with E-state index in [9.17, 15) is 9.59 Å². The quantitative estimate of drug-likeness (QED) is 0.586. The Morgan fingerprint density at radius 2 is 1.97 bits per heavy atom. The maximum atomic E-state index is 12.3. The number of nitrogens with zero attached hydrogens (tertiary/aromatic N) is 4. The van der Waals surface area contributed by atoms with Crippen molar-refractivity contribution in [3.05, 3.63) is 65.8 Å². The standard InChI is InChI=1S/C21H25N5O5/c1-21(2,3)30-19(27)23-16(11-15-12-26(13-22-15)20(28)29)18-24-17(25-31-18)10-9-14-7-5-4-6-8-14/h4-8,12-13,16H,9-11H2,1-3H3,(H,23,27)(H,28,29)/t16-/m0/s1. The van der Waals surface area contributed by atoms with Gasteiger partial charge in [0.15, 0.2) is 5.82 Å². The second kappa shape index (κ2) is 9.41. The molecular formula is C21H25N5O5. The lowest BCUT2D eigenvalue weighted by atomic mass is 10.1. The van der Waals surface area contributed by atoms with Crippen LogP contribution in [0.15, 0.2) is 47.4 Å². The molecule has 0 bridgehead atoms. The van der Waals surface area contributed by atoms with Crippen LogP contribution in [-0.4, -0.2) is 42.6 Å². The number of ether oxygens (including phenoxy) is 1. The van der Waals surface area contributed by atoms with Crippen molar-refractivity contribution in [2.24, 2.45) is 0 Å². The summed E-state index contributed by atoms with van der Waals surface area (Å²) in [7, 11) is 0. The molecule has 1 atom stereocenters. The minimum atomic E-state index is -1.16. The van der Waals surface area contributed by atoms with Gasteiger partial charge in [0, 0.05) is 19.0 Å². The number of aromatic nitrogens is 4.